The summed E-state index contributed by atoms with van der Waals surface area (Å²) in [5.41, 5.74) is 0.0783. The summed E-state index contributed by atoms with van der Waals surface area (Å²) in [6.07, 6.45) is 1.79. The van der Waals surface area contributed by atoms with Crippen molar-refractivity contribution >= 4 is 12.3 Å². The number of esters is 1. The molecule has 1 rings (SSSR count). The number of aldehydes is 1. The molecule has 0 spiro atoms. The minimum Gasteiger partial charge on any atom is -0.464 e. The summed E-state index contributed by atoms with van der Waals surface area (Å²) in [6.45, 7) is 0. The van der Waals surface area contributed by atoms with Gasteiger partial charge in [-0.15, -0.1) is 0 Å². The third-order valence-corrected chi connectivity index (χ3v) is 1.17. The van der Waals surface area contributed by atoms with Crippen LogP contribution in [-0.2, 0) is 4.74 Å². The van der Waals surface area contributed by atoms with Gasteiger partial charge in [0.2, 0.25) is 0 Å². The topological polar surface area (TPSA) is 69.2 Å². The molecular weight excluding hydrogens is 160 g/mol. The van der Waals surface area contributed by atoms with E-state index in [0.29, 0.717) is 6.29 Å². The van der Waals surface area contributed by atoms with E-state index < -0.39 is 5.97 Å². The molecule has 0 saturated heterocycles. The fraction of sp³-hybridized carbons (Fsp3) is 0.143. The Morgan fingerprint density at radius 1 is 1.67 bits per heavy atom. The SMILES string of the molecule is COC(=O)c1ccnc(C=O)n1. The van der Waals surface area contributed by atoms with Gasteiger partial charge < -0.3 is 4.74 Å². The first-order valence-electron chi connectivity index (χ1n) is 3.14. The van der Waals surface area contributed by atoms with E-state index >= 15 is 0 Å². The van der Waals surface area contributed by atoms with Crippen molar-refractivity contribution < 1.29 is 14.3 Å². The second-order valence-electron chi connectivity index (χ2n) is 1.91. The highest BCUT2D eigenvalue weighted by molar-refractivity contribution is 5.87. The lowest BCUT2D eigenvalue weighted by molar-refractivity contribution is 0.0593. The van der Waals surface area contributed by atoms with Crippen LogP contribution in [-0.4, -0.2) is 29.3 Å². The molecule has 0 fully saturated rings. The van der Waals surface area contributed by atoms with Gasteiger partial charge in [0.1, 0.15) is 0 Å². The molecule has 0 aliphatic carbocycles. The van der Waals surface area contributed by atoms with E-state index in [1.165, 1.54) is 19.4 Å². The molecule has 5 nitrogen and oxygen atoms in total. The third kappa shape index (κ3) is 1.63. The number of carbonyl (C=O) groups excluding carboxylic acids is 2. The molecule has 1 heterocycles. The minimum atomic E-state index is -0.583. The third-order valence-electron chi connectivity index (χ3n) is 1.17. The standard InChI is InChI=1S/C7H6N2O3/c1-12-7(11)5-2-3-8-6(4-10)9-5/h2-4H,1H3. The number of methoxy groups -OCH3 is 1. The summed E-state index contributed by atoms with van der Waals surface area (Å²) in [5, 5.41) is 0. The van der Waals surface area contributed by atoms with Crippen molar-refractivity contribution in [1.82, 2.24) is 9.97 Å². The number of carbonyl (C=O) groups is 2. The lowest BCUT2D eigenvalue weighted by atomic mass is 10.4. The molecule has 0 bridgehead atoms. The molecule has 12 heavy (non-hydrogen) atoms. The molecule has 1 aromatic heterocycles. The predicted octanol–water partition coefficient (Wildman–Crippen LogP) is 0.0757. The Bertz CT molecular complexity index is 311. The van der Waals surface area contributed by atoms with Crippen molar-refractivity contribution in [3.8, 4) is 0 Å². The Balaban J connectivity index is 3.01. The van der Waals surface area contributed by atoms with Crippen LogP contribution < -0.4 is 0 Å². The zero-order chi connectivity index (χ0) is 8.97. The van der Waals surface area contributed by atoms with Crippen molar-refractivity contribution in [1.29, 1.82) is 0 Å². The maximum absolute atomic E-state index is 10.9. The number of hydrogen-bond acceptors (Lipinski definition) is 5. The van der Waals surface area contributed by atoms with Gasteiger partial charge in [-0.1, -0.05) is 0 Å². The van der Waals surface area contributed by atoms with E-state index in [1.807, 2.05) is 0 Å². The molecular formula is C7H6N2O3. The molecule has 0 aromatic carbocycles. The van der Waals surface area contributed by atoms with Crippen LogP contribution in [0.25, 0.3) is 0 Å². The van der Waals surface area contributed by atoms with Crippen molar-refractivity contribution in [2.75, 3.05) is 7.11 Å². The van der Waals surface area contributed by atoms with E-state index in [0.717, 1.165) is 0 Å². The molecule has 62 valence electrons. The summed E-state index contributed by atoms with van der Waals surface area (Å²) >= 11 is 0. The summed E-state index contributed by atoms with van der Waals surface area (Å²) in [5.74, 6) is -0.613. The molecule has 5 heteroatoms. The largest absolute Gasteiger partial charge is 0.464 e. The number of aromatic nitrogens is 2. The highest BCUT2D eigenvalue weighted by Crippen LogP contribution is 1.95. The van der Waals surface area contributed by atoms with Gasteiger partial charge in [0.15, 0.2) is 17.8 Å². The number of nitrogens with zero attached hydrogens (tertiary/aromatic N) is 2. The van der Waals surface area contributed by atoms with Gasteiger partial charge in [0.25, 0.3) is 0 Å². The quantitative estimate of drug-likeness (QED) is 0.459. The summed E-state index contributed by atoms with van der Waals surface area (Å²) in [6, 6.07) is 1.37. The second-order valence-corrected chi connectivity index (χ2v) is 1.91. The van der Waals surface area contributed by atoms with E-state index in [2.05, 4.69) is 14.7 Å². The fourth-order valence-corrected chi connectivity index (χ4v) is 0.649. The van der Waals surface area contributed by atoms with Crippen LogP contribution in [0.5, 0.6) is 0 Å². The molecule has 0 atom stereocenters. The Morgan fingerprint density at radius 3 is 3.00 bits per heavy atom. The minimum absolute atomic E-state index is 0.0297. The first-order valence-corrected chi connectivity index (χ1v) is 3.14. The van der Waals surface area contributed by atoms with Gasteiger partial charge in [-0.25, -0.2) is 14.8 Å². The van der Waals surface area contributed by atoms with Crippen LogP contribution >= 0.6 is 0 Å². The Morgan fingerprint density at radius 2 is 2.42 bits per heavy atom. The lowest BCUT2D eigenvalue weighted by Gasteiger charge is -1.96. The van der Waals surface area contributed by atoms with Gasteiger partial charge in [-0.05, 0) is 6.07 Å². The first kappa shape index (κ1) is 8.32. The second kappa shape index (κ2) is 3.56. The summed E-state index contributed by atoms with van der Waals surface area (Å²) < 4.78 is 4.39. The molecule has 0 unspecified atom stereocenters. The van der Waals surface area contributed by atoms with E-state index in [-0.39, 0.29) is 11.5 Å². The van der Waals surface area contributed by atoms with Crippen molar-refractivity contribution in [2.24, 2.45) is 0 Å². The average molecular weight is 166 g/mol. The van der Waals surface area contributed by atoms with E-state index in [1.54, 1.807) is 0 Å². The van der Waals surface area contributed by atoms with Crippen molar-refractivity contribution in [3.05, 3.63) is 23.8 Å². The van der Waals surface area contributed by atoms with Crippen LogP contribution in [0.15, 0.2) is 12.3 Å². The maximum Gasteiger partial charge on any atom is 0.356 e. The molecule has 0 aliphatic rings. The molecule has 0 saturated carbocycles. The van der Waals surface area contributed by atoms with Crippen molar-refractivity contribution in [2.45, 2.75) is 0 Å². The summed E-state index contributed by atoms with van der Waals surface area (Å²) in [7, 11) is 1.24. The van der Waals surface area contributed by atoms with Gasteiger partial charge in [-0.2, -0.15) is 0 Å². The maximum atomic E-state index is 10.9. The number of ether oxygens (including phenoxy) is 1. The number of rotatable bonds is 2. The Hall–Kier alpha value is -1.78. The average Bonchev–Trinajstić information content (AvgIpc) is 2.17. The predicted molar refractivity (Wildman–Crippen MR) is 38.8 cm³/mol. The van der Waals surface area contributed by atoms with Crippen LogP contribution in [0, 0.1) is 0 Å². The van der Waals surface area contributed by atoms with Gasteiger partial charge in [-0.3, -0.25) is 4.79 Å². The van der Waals surface area contributed by atoms with Crippen molar-refractivity contribution in [3.63, 3.8) is 0 Å². The highest BCUT2D eigenvalue weighted by Gasteiger charge is 2.06. The highest BCUT2D eigenvalue weighted by atomic mass is 16.5. The Labute approximate surface area is 68.4 Å². The number of hydrogen-bond donors (Lipinski definition) is 0. The lowest BCUT2D eigenvalue weighted by Crippen LogP contribution is -2.06. The van der Waals surface area contributed by atoms with Gasteiger partial charge in [0, 0.05) is 6.20 Å². The molecule has 0 N–H and O–H groups in total. The smallest absolute Gasteiger partial charge is 0.356 e. The van der Waals surface area contributed by atoms with Crippen LogP contribution in [0.3, 0.4) is 0 Å². The summed E-state index contributed by atoms with van der Waals surface area (Å²) in [4.78, 5) is 28.2. The van der Waals surface area contributed by atoms with Gasteiger partial charge in [0.05, 0.1) is 7.11 Å². The van der Waals surface area contributed by atoms with Gasteiger partial charge >= 0.3 is 5.97 Å². The zero-order valence-corrected chi connectivity index (χ0v) is 6.35. The van der Waals surface area contributed by atoms with Crippen LogP contribution in [0.4, 0.5) is 0 Å². The molecule has 1 aromatic rings. The monoisotopic (exact) mass is 166 g/mol. The van der Waals surface area contributed by atoms with Crippen LogP contribution in [0.2, 0.25) is 0 Å². The fourth-order valence-electron chi connectivity index (χ4n) is 0.649. The normalized spacial score (nSPS) is 9.08. The van der Waals surface area contributed by atoms with E-state index in [9.17, 15) is 9.59 Å². The molecule has 0 aliphatic heterocycles. The first-order chi connectivity index (χ1) is 5.77. The molecule has 0 amide bonds. The molecule has 0 radical (unpaired) electrons. The van der Waals surface area contributed by atoms with Crippen LogP contribution in [0.1, 0.15) is 21.1 Å². The Kier molecular flexibility index (Phi) is 2.47. The zero-order valence-electron chi connectivity index (χ0n) is 6.35. The van der Waals surface area contributed by atoms with E-state index in [4.69, 9.17) is 0 Å².